The SMILES string of the molecule is CC[C@H](C)Oc1c(C=Nn2c(-c3ccccc3)nc3ccccc3c2=O)cccc1OC. The Bertz CT molecular complexity index is 1310. The number of aromatic nitrogens is 2. The number of fused-ring (bicyclic) bond motifs is 1. The van der Waals surface area contributed by atoms with Gasteiger partial charge in [-0.25, -0.2) is 4.98 Å². The maximum atomic E-state index is 13.3. The summed E-state index contributed by atoms with van der Waals surface area (Å²) < 4.78 is 12.9. The number of ether oxygens (including phenoxy) is 2. The highest BCUT2D eigenvalue weighted by atomic mass is 16.5. The predicted octanol–water partition coefficient (Wildman–Crippen LogP) is 5.13. The molecule has 0 N–H and O–H groups in total. The van der Waals surface area contributed by atoms with Crippen molar-refractivity contribution in [3.63, 3.8) is 0 Å². The molecule has 3 aromatic carbocycles. The van der Waals surface area contributed by atoms with Crippen molar-refractivity contribution in [1.82, 2.24) is 9.66 Å². The third kappa shape index (κ3) is 4.25. The van der Waals surface area contributed by atoms with Crippen LogP contribution in [-0.4, -0.2) is 29.1 Å². The molecule has 1 atom stereocenters. The van der Waals surface area contributed by atoms with E-state index < -0.39 is 0 Å². The summed E-state index contributed by atoms with van der Waals surface area (Å²) in [5.41, 5.74) is 1.90. The first kappa shape index (κ1) is 21.3. The van der Waals surface area contributed by atoms with E-state index in [1.54, 1.807) is 19.4 Å². The second-order valence-electron chi connectivity index (χ2n) is 7.40. The average molecular weight is 428 g/mol. The standard InChI is InChI=1S/C26H25N3O3/c1-4-18(2)32-24-20(13-10-16-23(24)31-3)17-27-29-25(19-11-6-5-7-12-19)28-22-15-9-8-14-21(22)26(29)30/h5-18H,4H2,1-3H3/t18-/m0/s1. The van der Waals surface area contributed by atoms with Gasteiger partial charge in [-0.1, -0.05) is 55.5 Å². The van der Waals surface area contributed by atoms with Crippen LogP contribution in [0.1, 0.15) is 25.8 Å². The Morgan fingerprint density at radius 1 is 1.03 bits per heavy atom. The molecular weight excluding hydrogens is 402 g/mol. The Labute approximate surface area is 186 Å². The molecule has 0 saturated carbocycles. The van der Waals surface area contributed by atoms with Gasteiger partial charge in [0.05, 0.1) is 30.3 Å². The maximum Gasteiger partial charge on any atom is 0.282 e. The van der Waals surface area contributed by atoms with Crippen molar-refractivity contribution in [2.75, 3.05) is 7.11 Å². The number of benzene rings is 3. The molecule has 0 aliphatic carbocycles. The van der Waals surface area contributed by atoms with Crippen LogP contribution in [-0.2, 0) is 0 Å². The van der Waals surface area contributed by atoms with Gasteiger partial charge >= 0.3 is 0 Å². The summed E-state index contributed by atoms with van der Waals surface area (Å²) in [6, 6.07) is 22.4. The van der Waals surface area contributed by atoms with E-state index in [-0.39, 0.29) is 11.7 Å². The molecule has 4 aromatic rings. The zero-order chi connectivity index (χ0) is 22.5. The fourth-order valence-electron chi connectivity index (χ4n) is 3.33. The Kier molecular flexibility index (Phi) is 6.31. The molecule has 6 heteroatoms. The number of para-hydroxylation sites is 2. The molecule has 0 amide bonds. The zero-order valence-electron chi connectivity index (χ0n) is 18.4. The fourth-order valence-corrected chi connectivity index (χ4v) is 3.33. The second-order valence-corrected chi connectivity index (χ2v) is 7.40. The van der Waals surface area contributed by atoms with E-state index in [4.69, 9.17) is 14.5 Å². The molecule has 0 fully saturated rings. The van der Waals surface area contributed by atoms with E-state index >= 15 is 0 Å². The van der Waals surface area contributed by atoms with Crippen LogP contribution in [0.4, 0.5) is 0 Å². The van der Waals surface area contributed by atoms with Gasteiger partial charge in [0.2, 0.25) is 0 Å². The van der Waals surface area contributed by atoms with Gasteiger partial charge in [-0.3, -0.25) is 4.79 Å². The highest BCUT2D eigenvalue weighted by molar-refractivity contribution is 5.86. The first-order valence-corrected chi connectivity index (χ1v) is 10.6. The summed E-state index contributed by atoms with van der Waals surface area (Å²) in [7, 11) is 1.60. The van der Waals surface area contributed by atoms with Crippen LogP contribution in [0.25, 0.3) is 22.3 Å². The van der Waals surface area contributed by atoms with E-state index in [0.717, 1.165) is 12.0 Å². The minimum absolute atomic E-state index is 0.00314. The molecule has 0 aliphatic rings. The molecule has 0 spiro atoms. The second kappa shape index (κ2) is 9.47. The van der Waals surface area contributed by atoms with Crippen molar-refractivity contribution in [3.8, 4) is 22.9 Å². The Morgan fingerprint density at radius 2 is 1.78 bits per heavy atom. The van der Waals surface area contributed by atoms with Crippen molar-refractivity contribution >= 4 is 17.1 Å². The minimum atomic E-state index is -0.238. The fraction of sp³-hybridized carbons (Fsp3) is 0.192. The van der Waals surface area contributed by atoms with Crippen molar-refractivity contribution < 1.29 is 9.47 Å². The van der Waals surface area contributed by atoms with Gasteiger partial charge in [0.1, 0.15) is 0 Å². The zero-order valence-corrected chi connectivity index (χ0v) is 18.4. The topological polar surface area (TPSA) is 65.7 Å². The van der Waals surface area contributed by atoms with Gasteiger partial charge in [-0.2, -0.15) is 9.78 Å². The monoisotopic (exact) mass is 427 g/mol. The van der Waals surface area contributed by atoms with Crippen LogP contribution in [0.5, 0.6) is 11.5 Å². The van der Waals surface area contributed by atoms with Crippen LogP contribution >= 0.6 is 0 Å². The van der Waals surface area contributed by atoms with Crippen molar-refractivity contribution in [1.29, 1.82) is 0 Å². The van der Waals surface area contributed by atoms with E-state index in [9.17, 15) is 4.79 Å². The molecule has 0 saturated heterocycles. The molecule has 32 heavy (non-hydrogen) atoms. The highest BCUT2D eigenvalue weighted by Crippen LogP contribution is 2.31. The average Bonchev–Trinajstić information content (AvgIpc) is 2.84. The first-order valence-electron chi connectivity index (χ1n) is 10.6. The lowest BCUT2D eigenvalue weighted by Gasteiger charge is -2.17. The molecule has 162 valence electrons. The minimum Gasteiger partial charge on any atom is -0.493 e. The van der Waals surface area contributed by atoms with E-state index in [0.29, 0.717) is 33.8 Å². The molecule has 1 aromatic heterocycles. The molecule has 1 heterocycles. The third-order valence-electron chi connectivity index (χ3n) is 5.22. The van der Waals surface area contributed by atoms with E-state index in [1.807, 2.05) is 73.7 Å². The molecule has 0 bridgehead atoms. The lowest BCUT2D eigenvalue weighted by atomic mass is 10.2. The van der Waals surface area contributed by atoms with Crippen molar-refractivity contribution in [2.24, 2.45) is 5.10 Å². The number of hydrogen-bond acceptors (Lipinski definition) is 5. The normalized spacial score (nSPS) is 12.2. The summed E-state index contributed by atoms with van der Waals surface area (Å²) in [6.45, 7) is 4.05. The number of nitrogens with zero attached hydrogens (tertiary/aromatic N) is 3. The van der Waals surface area contributed by atoms with Crippen LogP contribution in [0.15, 0.2) is 82.7 Å². The molecule has 4 rings (SSSR count). The summed E-state index contributed by atoms with van der Waals surface area (Å²) in [5, 5.41) is 5.06. The Morgan fingerprint density at radius 3 is 2.53 bits per heavy atom. The van der Waals surface area contributed by atoms with Crippen LogP contribution in [0.3, 0.4) is 0 Å². The summed E-state index contributed by atoms with van der Waals surface area (Å²) in [4.78, 5) is 18.1. The van der Waals surface area contributed by atoms with Crippen LogP contribution in [0, 0.1) is 0 Å². The van der Waals surface area contributed by atoms with E-state index in [2.05, 4.69) is 12.0 Å². The molecule has 0 aliphatic heterocycles. The first-order chi connectivity index (χ1) is 15.6. The van der Waals surface area contributed by atoms with Gasteiger partial charge in [0.25, 0.3) is 5.56 Å². The molecular formula is C26H25N3O3. The van der Waals surface area contributed by atoms with Gasteiger partial charge in [-0.05, 0) is 37.6 Å². The number of rotatable bonds is 7. The van der Waals surface area contributed by atoms with Crippen molar-refractivity contribution in [3.05, 3.63) is 88.7 Å². The predicted molar refractivity (Wildman–Crippen MR) is 128 cm³/mol. The van der Waals surface area contributed by atoms with Crippen LogP contribution < -0.4 is 15.0 Å². The molecule has 6 nitrogen and oxygen atoms in total. The number of hydrogen-bond donors (Lipinski definition) is 0. The Balaban J connectivity index is 1.88. The summed E-state index contributed by atoms with van der Waals surface area (Å²) in [6.07, 6.45) is 2.47. The van der Waals surface area contributed by atoms with Crippen molar-refractivity contribution in [2.45, 2.75) is 26.4 Å². The van der Waals surface area contributed by atoms with Gasteiger partial charge in [0.15, 0.2) is 17.3 Å². The Hall–Kier alpha value is -3.93. The third-order valence-corrected chi connectivity index (χ3v) is 5.22. The highest BCUT2D eigenvalue weighted by Gasteiger charge is 2.14. The summed E-state index contributed by atoms with van der Waals surface area (Å²) >= 11 is 0. The number of methoxy groups -OCH3 is 1. The van der Waals surface area contributed by atoms with Gasteiger partial charge in [0, 0.05) is 11.1 Å². The maximum absolute atomic E-state index is 13.3. The smallest absolute Gasteiger partial charge is 0.282 e. The van der Waals surface area contributed by atoms with Crippen LogP contribution in [0.2, 0.25) is 0 Å². The largest absolute Gasteiger partial charge is 0.493 e. The summed E-state index contributed by atoms with van der Waals surface area (Å²) in [5.74, 6) is 1.68. The lowest BCUT2D eigenvalue weighted by molar-refractivity contribution is 0.207. The van der Waals surface area contributed by atoms with Gasteiger partial charge in [-0.15, -0.1) is 0 Å². The van der Waals surface area contributed by atoms with Gasteiger partial charge < -0.3 is 9.47 Å². The van der Waals surface area contributed by atoms with E-state index in [1.165, 1.54) is 4.68 Å². The molecule has 0 radical (unpaired) electrons. The quantitative estimate of drug-likeness (QED) is 0.384. The lowest BCUT2D eigenvalue weighted by Crippen LogP contribution is -2.20. The molecule has 0 unspecified atom stereocenters.